The Morgan fingerprint density at radius 3 is 2.55 bits per heavy atom. The van der Waals surface area contributed by atoms with Gasteiger partial charge in [-0.2, -0.15) is 0 Å². The third-order valence-corrected chi connectivity index (χ3v) is 5.70. The number of hydrogen-bond acceptors (Lipinski definition) is 5. The van der Waals surface area contributed by atoms with Crippen LogP contribution in [-0.4, -0.2) is 44.2 Å². The first-order valence-corrected chi connectivity index (χ1v) is 11.8. The van der Waals surface area contributed by atoms with Crippen molar-refractivity contribution < 1.29 is 19.1 Å². The number of fused-ring (bicyclic) bond motifs is 1. The zero-order valence-electron chi connectivity index (χ0n) is 19.9. The van der Waals surface area contributed by atoms with Crippen molar-refractivity contribution in [2.75, 3.05) is 31.2 Å². The standard InChI is InChI=1S/C26H35N3O4/c1-4-8-24(30)29-13-11-20-16-19(17-21(25(20)29)26(27)31)15-18(3)28-12-14-33-23-10-7-6-9-22(23)32-5-2/h6-7,9-10,16-18,28H,4-5,8,11-15H2,1-3H3,(H2,27,31). The molecule has 3 N–H and O–H groups in total. The van der Waals surface area contributed by atoms with Gasteiger partial charge < -0.3 is 25.4 Å². The highest BCUT2D eigenvalue weighted by Crippen LogP contribution is 2.34. The van der Waals surface area contributed by atoms with Gasteiger partial charge in [0.2, 0.25) is 5.91 Å². The smallest absolute Gasteiger partial charge is 0.250 e. The lowest BCUT2D eigenvalue weighted by molar-refractivity contribution is -0.118. The third-order valence-electron chi connectivity index (χ3n) is 5.70. The molecule has 7 heteroatoms. The summed E-state index contributed by atoms with van der Waals surface area (Å²) < 4.78 is 11.5. The molecule has 0 saturated carbocycles. The molecule has 2 aromatic carbocycles. The molecule has 178 valence electrons. The Balaban J connectivity index is 1.59. The molecule has 0 fully saturated rings. The Bertz CT molecular complexity index is 976. The van der Waals surface area contributed by atoms with E-state index >= 15 is 0 Å². The van der Waals surface area contributed by atoms with Crippen molar-refractivity contribution in [3.63, 3.8) is 0 Å². The number of rotatable bonds is 12. The molecule has 1 aliphatic rings. The summed E-state index contributed by atoms with van der Waals surface area (Å²) in [7, 11) is 0. The summed E-state index contributed by atoms with van der Waals surface area (Å²) in [4.78, 5) is 26.4. The van der Waals surface area contributed by atoms with Crippen molar-refractivity contribution in [2.45, 2.75) is 52.5 Å². The number of benzene rings is 2. The second-order valence-electron chi connectivity index (χ2n) is 8.35. The summed E-state index contributed by atoms with van der Waals surface area (Å²) in [6.07, 6.45) is 2.73. The van der Waals surface area contributed by atoms with Crippen LogP contribution in [0.5, 0.6) is 11.5 Å². The SMILES string of the molecule is CCCC(=O)N1CCc2cc(CC(C)NCCOc3ccccc3OCC)cc(C(N)=O)c21. The molecule has 2 aromatic rings. The summed E-state index contributed by atoms with van der Waals surface area (Å²) in [6.45, 7) is 8.41. The number of nitrogens with one attached hydrogen (secondary N) is 1. The zero-order chi connectivity index (χ0) is 23.8. The van der Waals surface area contributed by atoms with E-state index in [0.717, 1.165) is 41.9 Å². The van der Waals surface area contributed by atoms with Crippen LogP contribution in [0.3, 0.4) is 0 Å². The Kier molecular flexibility index (Phi) is 8.72. The molecule has 33 heavy (non-hydrogen) atoms. The first kappa shape index (κ1) is 24.6. The highest BCUT2D eigenvalue weighted by molar-refractivity contribution is 6.06. The number of primary amides is 1. The van der Waals surface area contributed by atoms with Crippen LogP contribution in [-0.2, 0) is 17.6 Å². The fourth-order valence-electron chi connectivity index (χ4n) is 4.25. The Morgan fingerprint density at radius 2 is 1.88 bits per heavy atom. The molecule has 0 radical (unpaired) electrons. The second-order valence-corrected chi connectivity index (χ2v) is 8.35. The first-order valence-electron chi connectivity index (χ1n) is 11.8. The normalized spacial score (nSPS) is 13.5. The summed E-state index contributed by atoms with van der Waals surface area (Å²) in [5, 5.41) is 3.47. The third kappa shape index (κ3) is 6.26. The van der Waals surface area contributed by atoms with Crippen molar-refractivity contribution >= 4 is 17.5 Å². The minimum Gasteiger partial charge on any atom is -0.490 e. The van der Waals surface area contributed by atoms with Gasteiger partial charge in [0.1, 0.15) is 6.61 Å². The highest BCUT2D eigenvalue weighted by Gasteiger charge is 2.29. The number of carbonyl (C=O) groups is 2. The van der Waals surface area contributed by atoms with Gasteiger partial charge in [-0.3, -0.25) is 9.59 Å². The number of anilines is 1. The maximum absolute atomic E-state index is 12.5. The van der Waals surface area contributed by atoms with E-state index in [0.29, 0.717) is 44.0 Å². The van der Waals surface area contributed by atoms with Crippen molar-refractivity contribution in [2.24, 2.45) is 5.73 Å². The number of hydrogen-bond donors (Lipinski definition) is 2. The molecule has 3 rings (SSSR count). The topological polar surface area (TPSA) is 93.9 Å². The summed E-state index contributed by atoms with van der Waals surface area (Å²) in [6, 6.07) is 11.8. The van der Waals surface area contributed by atoms with Gasteiger partial charge in [0.05, 0.1) is 17.9 Å². The average Bonchev–Trinajstić information content (AvgIpc) is 3.21. The maximum atomic E-state index is 12.5. The number of carbonyl (C=O) groups excluding carboxylic acids is 2. The molecule has 0 spiro atoms. The van der Waals surface area contributed by atoms with E-state index in [1.165, 1.54) is 0 Å². The summed E-state index contributed by atoms with van der Waals surface area (Å²) in [5.74, 6) is 1.04. The second kappa shape index (κ2) is 11.7. The molecular weight excluding hydrogens is 418 g/mol. The fraction of sp³-hybridized carbons (Fsp3) is 0.462. The lowest BCUT2D eigenvalue weighted by Gasteiger charge is -2.21. The lowest BCUT2D eigenvalue weighted by Crippen LogP contribution is -2.32. The Morgan fingerprint density at radius 1 is 1.15 bits per heavy atom. The van der Waals surface area contributed by atoms with E-state index in [2.05, 4.69) is 18.3 Å². The van der Waals surface area contributed by atoms with Crippen molar-refractivity contribution in [3.8, 4) is 11.5 Å². The lowest BCUT2D eigenvalue weighted by atomic mass is 9.98. The Labute approximate surface area is 196 Å². The van der Waals surface area contributed by atoms with E-state index in [1.807, 2.05) is 44.2 Å². The van der Waals surface area contributed by atoms with Gasteiger partial charge >= 0.3 is 0 Å². The van der Waals surface area contributed by atoms with Gasteiger partial charge in [-0.05, 0) is 62.4 Å². The predicted molar refractivity (Wildman–Crippen MR) is 130 cm³/mol. The fourth-order valence-corrected chi connectivity index (χ4v) is 4.25. The van der Waals surface area contributed by atoms with Gasteiger partial charge in [0, 0.05) is 25.6 Å². The predicted octanol–water partition coefficient (Wildman–Crippen LogP) is 3.47. The molecule has 1 aliphatic heterocycles. The van der Waals surface area contributed by atoms with Gasteiger partial charge in [-0.15, -0.1) is 0 Å². The van der Waals surface area contributed by atoms with E-state index in [4.69, 9.17) is 15.2 Å². The van der Waals surface area contributed by atoms with Crippen LogP contribution in [0.25, 0.3) is 0 Å². The van der Waals surface area contributed by atoms with E-state index in [-0.39, 0.29) is 11.9 Å². The average molecular weight is 454 g/mol. The minimum atomic E-state index is -0.494. The van der Waals surface area contributed by atoms with Gasteiger partial charge in [0.15, 0.2) is 11.5 Å². The van der Waals surface area contributed by atoms with Crippen LogP contribution in [0.2, 0.25) is 0 Å². The molecule has 0 aromatic heterocycles. The van der Waals surface area contributed by atoms with E-state index in [1.54, 1.807) is 4.90 Å². The van der Waals surface area contributed by atoms with Gasteiger partial charge in [-0.25, -0.2) is 0 Å². The van der Waals surface area contributed by atoms with Crippen LogP contribution in [0, 0.1) is 0 Å². The molecule has 0 saturated heterocycles. The Hall–Kier alpha value is -3.06. The van der Waals surface area contributed by atoms with Crippen molar-refractivity contribution in [1.82, 2.24) is 5.32 Å². The first-order chi connectivity index (χ1) is 15.9. The van der Waals surface area contributed by atoms with Crippen LogP contribution in [0.15, 0.2) is 36.4 Å². The minimum absolute atomic E-state index is 0.0486. The monoisotopic (exact) mass is 453 g/mol. The number of amides is 2. The zero-order valence-corrected chi connectivity index (χ0v) is 19.9. The largest absolute Gasteiger partial charge is 0.490 e. The van der Waals surface area contributed by atoms with E-state index < -0.39 is 5.91 Å². The molecule has 7 nitrogen and oxygen atoms in total. The molecule has 1 heterocycles. The van der Waals surface area contributed by atoms with Crippen LogP contribution in [0.1, 0.15) is 55.1 Å². The van der Waals surface area contributed by atoms with E-state index in [9.17, 15) is 9.59 Å². The number of nitrogens with zero attached hydrogens (tertiary/aromatic N) is 1. The van der Waals surface area contributed by atoms with Crippen LogP contribution < -0.4 is 25.4 Å². The van der Waals surface area contributed by atoms with Crippen molar-refractivity contribution in [1.29, 1.82) is 0 Å². The molecular formula is C26H35N3O4. The van der Waals surface area contributed by atoms with Crippen LogP contribution >= 0.6 is 0 Å². The summed E-state index contributed by atoms with van der Waals surface area (Å²) in [5.41, 5.74) is 8.89. The number of para-hydroxylation sites is 2. The quantitative estimate of drug-likeness (QED) is 0.480. The van der Waals surface area contributed by atoms with Gasteiger partial charge in [0.25, 0.3) is 5.91 Å². The number of ether oxygens (including phenoxy) is 2. The highest BCUT2D eigenvalue weighted by atomic mass is 16.5. The van der Waals surface area contributed by atoms with Gasteiger partial charge in [-0.1, -0.05) is 25.1 Å². The molecule has 0 aliphatic carbocycles. The molecule has 0 bridgehead atoms. The summed E-state index contributed by atoms with van der Waals surface area (Å²) >= 11 is 0. The van der Waals surface area contributed by atoms with Crippen LogP contribution in [0.4, 0.5) is 5.69 Å². The molecule has 1 unspecified atom stereocenters. The molecule has 2 amide bonds. The maximum Gasteiger partial charge on any atom is 0.250 e. The van der Waals surface area contributed by atoms with Crippen molar-refractivity contribution in [3.05, 3.63) is 53.1 Å². The number of nitrogens with two attached hydrogens (primary N) is 1. The molecule has 1 atom stereocenters.